The first-order chi connectivity index (χ1) is 10.8. The van der Waals surface area contributed by atoms with E-state index in [4.69, 9.17) is 4.42 Å². The molecule has 2 aromatic rings. The van der Waals surface area contributed by atoms with E-state index in [9.17, 15) is 18.0 Å². The van der Waals surface area contributed by atoms with Gasteiger partial charge in [0.2, 0.25) is 0 Å². The second-order valence-corrected chi connectivity index (χ2v) is 6.78. The highest BCUT2D eigenvalue weighted by Gasteiger charge is 2.42. The fourth-order valence-electron chi connectivity index (χ4n) is 3.00. The topological polar surface area (TPSA) is 42.2 Å². The van der Waals surface area contributed by atoms with Crippen molar-refractivity contribution in [2.45, 2.75) is 37.9 Å². The first-order valence-corrected chi connectivity index (χ1v) is 8.19. The first kappa shape index (κ1) is 16.4. The van der Waals surface area contributed by atoms with E-state index < -0.39 is 24.0 Å². The molecule has 0 aliphatic heterocycles. The second kappa shape index (κ2) is 6.19. The Morgan fingerprint density at radius 3 is 2.78 bits per heavy atom. The van der Waals surface area contributed by atoms with Crippen molar-refractivity contribution >= 4 is 32.8 Å². The van der Waals surface area contributed by atoms with E-state index in [1.807, 2.05) is 6.07 Å². The smallest absolute Gasteiger partial charge is 0.391 e. The van der Waals surface area contributed by atoms with Crippen molar-refractivity contribution in [1.82, 2.24) is 5.32 Å². The van der Waals surface area contributed by atoms with Crippen LogP contribution in [-0.2, 0) is 0 Å². The molecule has 3 nitrogen and oxygen atoms in total. The van der Waals surface area contributed by atoms with Crippen LogP contribution in [0.4, 0.5) is 13.2 Å². The zero-order chi connectivity index (χ0) is 16.6. The zero-order valence-corrected chi connectivity index (χ0v) is 13.7. The molecule has 1 N–H and O–H groups in total. The molecule has 7 heteroatoms. The summed E-state index contributed by atoms with van der Waals surface area (Å²) >= 11 is 3.33. The summed E-state index contributed by atoms with van der Waals surface area (Å²) in [5, 5.41) is 3.43. The lowest BCUT2D eigenvalue weighted by Crippen LogP contribution is -2.41. The van der Waals surface area contributed by atoms with Gasteiger partial charge < -0.3 is 9.73 Å². The molecule has 2 atom stereocenters. The van der Waals surface area contributed by atoms with Gasteiger partial charge in [-0.2, -0.15) is 13.2 Å². The fourth-order valence-corrected chi connectivity index (χ4v) is 3.38. The third-order valence-corrected chi connectivity index (χ3v) is 4.67. The Bertz CT molecular complexity index is 726. The number of alkyl halides is 3. The van der Waals surface area contributed by atoms with Gasteiger partial charge in [0.1, 0.15) is 5.58 Å². The molecule has 1 aliphatic carbocycles. The summed E-state index contributed by atoms with van der Waals surface area (Å²) in [6, 6.07) is 6.47. The average molecular weight is 390 g/mol. The number of hydrogen-bond acceptors (Lipinski definition) is 2. The van der Waals surface area contributed by atoms with Crippen LogP contribution in [0.1, 0.15) is 36.2 Å². The van der Waals surface area contributed by atoms with Gasteiger partial charge in [-0.05, 0) is 43.5 Å². The minimum Gasteiger partial charge on any atom is -0.451 e. The first-order valence-electron chi connectivity index (χ1n) is 7.39. The van der Waals surface area contributed by atoms with Crippen molar-refractivity contribution < 1.29 is 22.4 Å². The fraction of sp³-hybridized carbons (Fsp3) is 0.438. The van der Waals surface area contributed by atoms with E-state index in [1.54, 1.807) is 18.2 Å². The molecular formula is C16H15BrF3NO2. The van der Waals surface area contributed by atoms with Gasteiger partial charge in [0.25, 0.3) is 5.91 Å². The quantitative estimate of drug-likeness (QED) is 0.780. The lowest BCUT2D eigenvalue weighted by Gasteiger charge is -2.30. The molecule has 1 aromatic heterocycles. The number of furan rings is 1. The van der Waals surface area contributed by atoms with Gasteiger partial charge in [-0.1, -0.05) is 22.4 Å². The molecule has 0 bridgehead atoms. The molecule has 1 amide bonds. The second-order valence-electron chi connectivity index (χ2n) is 5.87. The molecule has 1 heterocycles. The zero-order valence-electron chi connectivity index (χ0n) is 12.1. The van der Waals surface area contributed by atoms with Crippen LogP contribution in [0.15, 0.2) is 33.2 Å². The summed E-state index contributed by atoms with van der Waals surface area (Å²) < 4.78 is 44.8. The minimum atomic E-state index is -4.20. The number of carbonyl (C=O) groups excluding carboxylic acids is 1. The van der Waals surface area contributed by atoms with Crippen LogP contribution in [-0.4, -0.2) is 18.1 Å². The maximum Gasteiger partial charge on any atom is 0.391 e. The van der Waals surface area contributed by atoms with Crippen molar-refractivity contribution in [3.63, 3.8) is 0 Å². The predicted molar refractivity (Wildman–Crippen MR) is 83.2 cm³/mol. The predicted octanol–water partition coefficient (Wildman–Crippen LogP) is 5.05. The molecule has 124 valence electrons. The van der Waals surface area contributed by atoms with E-state index in [2.05, 4.69) is 21.2 Å². The van der Waals surface area contributed by atoms with Crippen LogP contribution in [0.2, 0.25) is 0 Å². The third-order valence-electron chi connectivity index (χ3n) is 4.17. The van der Waals surface area contributed by atoms with Crippen molar-refractivity contribution in [3.05, 3.63) is 34.5 Å². The third kappa shape index (κ3) is 3.71. The van der Waals surface area contributed by atoms with Crippen LogP contribution in [0, 0.1) is 5.92 Å². The summed E-state index contributed by atoms with van der Waals surface area (Å²) in [5.41, 5.74) is 0.565. The minimum absolute atomic E-state index is 0.0684. The number of rotatable bonds is 2. The Morgan fingerprint density at radius 2 is 2.04 bits per heavy atom. The highest BCUT2D eigenvalue weighted by molar-refractivity contribution is 9.10. The van der Waals surface area contributed by atoms with E-state index in [0.717, 1.165) is 9.86 Å². The molecule has 1 saturated carbocycles. The normalized spacial score (nSPS) is 22.3. The Hall–Kier alpha value is -1.50. The Kier molecular flexibility index (Phi) is 4.40. The molecule has 23 heavy (non-hydrogen) atoms. The maximum atomic E-state index is 12.8. The summed E-state index contributed by atoms with van der Waals surface area (Å²) in [6.45, 7) is 0. The molecule has 1 aliphatic rings. The number of fused-ring (bicyclic) bond motifs is 1. The average Bonchev–Trinajstić information content (AvgIpc) is 2.90. The number of benzene rings is 1. The monoisotopic (exact) mass is 389 g/mol. The van der Waals surface area contributed by atoms with Crippen molar-refractivity contribution in [1.29, 1.82) is 0 Å². The molecule has 1 aromatic carbocycles. The van der Waals surface area contributed by atoms with Gasteiger partial charge in [-0.25, -0.2) is 0 Å². The lowest BCUT2D eigenvalue weighted by atomic mass is 9.85. The van der Waals surface area contributed by atoms with Gasteiger partial charge in [0.05, 0.1) is 5.92 Å². The van der Waals surface area contributed by atoms with Crippen LogP contribution in [0.3, 0.4) is 0 Å². The SMILES string of the molecule is O=C(NC1CCCC(C(F)(F)F)C1)c1cc2cc(Br)ccc2o1. The highest BCUT2D eigenvalue weighted by Crippen LogP contribution is 2.37. The number of amides is 1. The van der Waals surface area contributed by atoms with Crippen molar-refractivity contribution in [2.24, 2.45) is 5.92 Å². The Balaban J connectivity index is 1.70. The van der Waals surface area contributed by atoms with Crippen LogP contribution < -0.4 is 5.32 Å². The largest absolute Gasteiger partial charge is 0.451 e. The van der Waals surface area contributed by atoms with E-state index >= 15 is 0 Å². The molecule has 0 saturated heterocycles. The standard InChI is InChI=1S/C16H15BrF3NO2/c17-11-4-5-13-9(6-11)7-14(23-13)15(22)21-12-3-1-2-10(8-12)16(18,19)20/h4-7,10,12H,1-3,8H2,(H,21,22). The van der Waals surface area contributed by atoms with Crippen molar-refractivity contribution in [2.75, 3.05) is 0 Å². The van der Waals surface area contributed by atoms with E-state index in [0.29, 0.717) is 18.4 Å². The summed E-state index contributed by atoms with van der Waals surface area (Å²) in [7, 11) is 0. The van der Waals surface area contributed by atoms with Crippen LogP contribution in [0.25, 0.3) is 11.0 Å². The van der Waals surface area contributed by atoms with Crippen LogP contribution >= 0.6 is 15.9 Å². The van der Waals surface area contributed by atoms with Gasteiger partial charge in [-0.15, -0.1) is 0 Å². The number of nitrogens with one attached hydrogen (secondary N) is 1. The molecule has 0 radical (unpaired) electrons. The molecule has 2 unspecified atom stereocenters. The van der Waals surface area contributed by atoms with Crippen molar-refractivity contribution in [3.8, 4) is 0 Å². The molecule has 0 spiro atoms. The highest BCUT2D eigenvalue weighted by atomic mass is 79.9. The molecule has 3 rings (SSSR count). The van der Waals surface area contributed by atoms with Gasteiger partial charge in [0, 0.05) is 15.9 Å². The Labute approximate surface area is 139 Å². The summed E-state index contributed by atoms with van der Waals surface area (Å²) in [5.74, 6) is -1.69. The number of carbonyl (C=O) groups is 1. The summed E-state index contributed by atoms with van der Waals surface area (Å²) in [6.07, 6.45) is -3.11. The molecular weight excluding hydrogens is 375 g/mol. The van der Waals surface area contributed by atoms with E-state index in [-0.39, 0.29) is 18.6 Å². The van der Waals surface area contributed by atoms with E-state index in [1.165, 1.54) is 0 Å². The maximum absolute atomic E-state index is 12.8. The lowest BCUT2D eigenvalue weighted by molar-refractivity contribution is -0.183. The van der Waals surface area contributed by atoms with Gasteiger partial charge >= 0.3 is 6.18 Å². The van der Waals surface area contributed by atoms with Gasteiger partial charge in [0.15, 0.2) is 5.76 Å². The number of hydrogen-bond donors (Lipinski definition) is 1. The molecule has 1 fully saturated rings. The summed E-state index contributed by atoms with van der Waals surface area (Å²) in [4.78, 5) is 12.2. The van der Waals surface area contributed by atoms with Crippen LogP contribution in [0.5, 0.6) is 0 Å². The Morgan fingerprint density at radius 1 is 1.26 bits per heavy atom. The van der Waals surface area contributed by atoms with Gasteiger partial charge in [-0.3, -0.25) is 4.79 Å². The number of halogens is 4.